The lowest BCUT2D eigenvalue weighted by Crippen LogP contribution is -2.16. The molecule has 0 fully saturated rings. The largest absolute Gasteiger partial charge is 0.367 e. The Bertz CT molecular complexity index is 963. The summed E-state index contributed by atoms with van der Waals surface area (Å²) in [5.41, 5.74) is 1.59. The molecule has 0 aliphatic rings. The van der Waals surface area contributed by atoms with Crippen LogP contribution in [0.1, 0.15) is 17.2 Å². The Balaban J connectivity index is 1.84. The van der Waals surface area contributed by atoms with Crippen molar-refractivity contribution >= 4 is 34.8 Å². The van der Waals surface area contributed by atoms with E-state index in [1.165, 1.54) is 10.8 Å². The highest BCUT2D eigenvalue weighted by Crippen LogP contribution is 2.31. The first kappa shape index (κ1) is 20.4. The predicted molar refractivity (Wildman–Crippen MR) is 105 cm³/mol. The number of rotatable bonds is 8. The van der Waals surface area contributed by atoms with Gasteiger partial charge < -0.3 is 9.30 Å². The van der Waals surface area contributed by atoms with Crippen LogP contribution in [0, 0.1) is 10.1 Å². The van der Waals surface area contributed by atoms with E-state index in [4.69, 9.17) is 39.5 Å². The van der Waals surface area contributed by atoms with Crippen LogP contribution >= 0.6 is 34.8 Å². The third-order valence-corrected chi connectivity index (χ3v) is 4.68. The molecular formula is C18H14Cl3N3O4. The zero-order chi connectivity index (χ0) is 20.1. The van der Waals surface area contributed by atoms with Crippen LogP contribution in [0.4, 0.5) is 0 Å². The number of hydrogen-bond donors (Lipinski definition) is 0. The number of halogens is 3. The molecule has 10 heteroatoms. The molecule has 1 aromatic heterocycles. The Hall–Kier alpha value is -2.32. The van der Waals surface area contributed by atoms with E-state index in [9.17, 15) is 10.1 Å². The van der Waals surface area contributed by atoms with Gasteiger partial charge in [0.05, 0.1) is 13.2 Å². The summed E-state index contributed by atoms with van der Waals surface area (Å²) in [6.07, 6.45) is 2.42. The zero-order valence-electron chi connectivity index (χ0n) is 14.3. The maximum Gasteiger partial charge on any atom is 0.302 e. The summed E-state index contributed by atoms with van der Waals surface area (Å²) in [4.78, 5) is 19.0. The van der Waals surface area contributed by atoms with Crippen molar-refractivity contribution in [2.75, 3.05) is 0 Å². The third-order valence-electron chi connectivity index (χ3n) is 3.87. The van der Waals surface area contributed by atoms with Crippen LogP contribution in [0.25, 0.3) is 0 Å². The Kier molecular flexibility index (Phi) is 6.74. The van der Waals surface area contributed by atoms with E-state index in [0.717, 1.165) is 5.56 Å². The van der Waals surface area contributed by atoms with E-state index >= 15 is 0 Å². The second-order valence-corrected chi connectivity index (χ2v) is 7.05. The molecule has 146 valence electrons. The van der Waals surface area contributed by atoms with Crippen molar-refractivity contribution < 1.29 is 14.7 Å². The van der Waals surface area contributed by atoms with Crippen LogP contribution in [0.15, 0.2) is 54.9 Å². The molecule has 7 nitrogen and oxygen atoms in total. The van der Waals surface area contributed by atoms with Crippen molar-refractivity contribution in [2.24, 2.45) is 0 Å². The Morgan fingerprint density at radius 3 is 2.50 bits per heavy atom. The van der Waals surface area contributed by atoms with Gasteiger partial charge >= 0.3 is 5.09 Å². The van der Waals surface area contributed by atoms with Gasteiger partial charge in [0.2, 0.25) is 0 Å². The van der Waals surface area contributed by atoms with Crippen molar-refractivity contribution in [1.29, 1.82) is 0 Å². The van der Waals surface area contributed by atoms with Gasteiger partial charge in [-0.1, -0.05) is 53.0 Å². The van der Waals surface area contributed by atoms with Gasteiger partial charge in [-0.25, -0.2) is 9.82 Å². The quantitative estimate of drug-likeness (QED) is 0.346. The first-order valence-corrected chi connectivity index (χ1v) is 9.20. The van der Waals surface area contributed by atoms with Crippen LogP contribution in [0.2, 0.25) is 15.1 Å². The van der Waals surface area contributed by atoms with Gasteiger partial charge in [-0.2, -0.15) is 0 Å². The Morgan fingerprint density at radius 2 is 1.82 bits per heavy atom. The van der Waals surface area contributed by atoms with E-state index in [2.05, 4.69) is 9.82 Å². The summed E-state index contributed by atoms with van der Waals surface area (Å²) in [7, 11) is 0. The van der Waals surface area contributed by atoms with E-state index in [1.54, 1.807) is 36.5 Å². The number of imidazole rings is 1. The number of hydrogen-bond acceptors (Lipinski definition) is 5. The van der Waals surface area contributed by atoms with Gasteiger partial charge in [-0.15, -0.1) is 10.1 Å². The van der Waals surface area contributed by atoms with Crippen LogP contribution in [0.3, 0.4) is 0 Å². The molecule has 1 atom stereocenters. The maximum absolute atomic E-state index is 10.7. The van der Waals surface area contributed by atoms with Gasteiger partial charge in [-0.05, 0) is 29.8 Å². The fourth-order valence-corrected chi connectivity index (χ4v) is 3.21. The smallest absolute Gasteiger partial charge is 0.302 e. The maximum atomic E-state index is 10.7. The summed E-state index contributed by atoms with van der Waals surface area (Å²) in [6, 6.07) is 12.1. The minimum absolute atomic E-state index is 0.157. The Morgan fingerprint density at radius 1 is 1.11 bits per heavy atom. The molecule has 2 aromatic carbocycles. The number of ether oxygens (including phenoxy) is 1. The molecule has 0 saturated carbocycles. The fourth-order valence-electron chi connectivity index (χ4n) is 2.56. The lowest BCUT2D eigenvalue weighted by molar-refractivity contribution is -0.713. The highest BCUT2D eigenvalue weighted by atomic mass is 35.5. The second kappa shape index (κ2) is 9.25. The molecule has 0 radical (unpaired) electrons. The average Bonchev–Trinajstić information content (AvgIpc) is 3.06. The van der Waals surface area contributed by atoms with Gasteiger partial charge in [0.15, 0.2) is 0 Å². The summed E-state index contributed by atoms with van der Waals surface area (Å²) in [6.45, 7) is 0.471. The van der Waals surface area contributed by atoms with Crippen molar-refractivity contribution in [3.05, 3.63) is 91.2 Å². The molecule has 28 heavy (non-hydrogen) atoms. The zero-order valence-corrected chi connectivity index (χ0v) is 16.6. The lowest BCUT2D eigenvalue weighted by Gasteiger charge is -2.21. The van der Waals surface area contributed by atoms with Crippen LogP contribution < -0.4 is 4.84 Å². The molecule has 0 amide bonds. The molecule has 3 rings (SSSR count). The Labute approximate surface area is 175 Å². The molecular weight excluding hydrogens is 429 g/mol. The van der Waals surface area contributed by atoms with Gasteiger partial charge in [0.1, 0.15) is 6.10 Å². The summed E-state index contributed by atoms with van der Waals surface area (Å²) in [5, 5.41) is 11.3. The highest BCUT2D eigenvalue weighted by Gasteiger charge is 2.19. The predicted octanol–water partition coefficient (Wildman–Crippen LogP) is 5.37. The average molecular weight is 443 g/mol. The minimum Gasteiger partial charge on any atom is -0.367 e. The molecule has 0 aliphatic carbocycles. The van der Waals surface area contributed by atoms with Crippen LogP contribution in [-0.4, -0.2) is 14.6 Å². The molecule has 3 aromatic rings. The SMILES string of the molecule is O=[N+]([O-])Oc1nccn1CC(OCc1ccc(Cl)cc1)c1ccc(Cl)cc1Cl. The molecule has 0 saturated heterocycles. The minimum atomic E-state index is -0.919. The normalized spacial score (nSPS) is 12.0. The molecule has 0 N–H and O–H groups in total. The number of nitrogens with zero attached hydrogens (tertiary/aromatic N) is 3. The standard InChI is InChI=1S/C18H14Cl3N3O4/c19-13-3-1-12(2-4-13)11-27-17(15-6-5-14(20)9-16(15)21)10-23-8-7-22-18(23)28-24(25)26/h1-9,17H,10-11H2. The lowest BCUT2D eigenvalue weighted by atomic mass is 10.1. The topological polar surface area (TPSA) is 79.4 Å². The third kappa shape index (κ3) is 5.36. The van der Waals surface area contributed by atoms with Crippen molar-refractivity contribution in [3.8, 4) is 6.01 Å². The molecule has 0 spiro atoms. The number of benzene rings is 2. The van der Waals surface area contributed by atoms with Crippen molar-refractivity contribution in [2.45, 2.75) is 19.3 Å². The van der Waals surface area contributed by atoms with Crippen LogP contribution in [-0.2, 0) is 17.9 Å². The fraction of sp³-hybridized carbons (Fsp3) is 0.167. The van der Waals surface area contributed by atoms with E-state index in [-0.39, 0.29) is 19.2 Å². The molecule has 0 aliphatic heterocycles. The van der Waals surface area contributed by atoms with E-state index < -0.39 is 11.2 Å². The summed E-state index contributed by atoms with van der Waals surface area (Å²) in [5.74, 6) is 0. The van der Waals surface area contributed by atoms with E-state index in [1.807, 2.05) is 12.1 Å². The monoisotopic (exact) mass is 441 g/mol. The highest BCUT2D eigenvalue weighted by molar-refractivity contribution is 6.35. The first-order chi connectivity index (χ1) is 13.4. The summed E-state index contributed by atoms with van der Waals surface area (Å²) >= 11 is 18.2. The van der Waals surface area contributed by atoms with Gasteiger partial charge in [0.25, 0.3) is 6.01 Å². The second-order valence-electron chi connectivity index (χ2n) is 5.77. The van der Waals surface area contributed by atoms with Gasteiger partial charge in [0, 0.05) is 33.0 Å². The number of aromatic nitrogens is 2. The first-order valence-electron chi connectivity index (χ1n) is 8.07. The molecule has 1 heterocycles. The van der Waals surface area contributed by atoms with Crippen molar-refractivity contribution in [3.63, 3.8) is 0 Å². The van der Waals surface area contributed by atoms with Crippen LogP contribution in [0.5, 0.6) is 6.01 Å². The van der Waals surface area contributed by atoms with Gasteiger partial charge in [-0.3, -0.25) is 0 Å². The van der Waals surface area contributed by atoms with Crippen molar-refractivity contribution in [1.82, 2.24) is 9.55 Å². The summed E-state index contributed by atoms with van der Waals surface area (Å²) < 4.78 is 7.54. The molecule has 1 unspecified atom stereocenters. The van der Waals surface area contributed by atoms with E-state index in [0.29, 0.717) is 20.6 Å². The molecule has 0 bridgehead atoms.